The van der Waals surface area contributed by atoms with E-state index in [0.29, 0.717) is 0 Å². The molecule has 2 nitrogen and oxygen atoms in total. The van der Waals surface area contributed by atoms with Crippen molar-refractivity contribution in [3.8, 4) is 0 Å². The Balaban J connectivity index is 3.14. The van der Waals surface area contributed by atoms with Gasteiger partial charge in [-0.15, -0.1) is 0 Å². The molecular formula is C5H7BrN2. The highest BCUT2D eigenvalue weighted by Gasteiger charge is 1.94. The molecule has 0 saturated carbocycles. The third-order valence-electron chi connectivity index (χ3n) is 1.12. The molecule has 0 N–H and O–H groups in total. The first-order valence-electron chi connectivity index (χ1n) is 2.39. The zero-order valence-corrected chi connectivity index (χ0v) is 6.44. The second kappa shape index (κ2) is 1.90. The molecule has 0 aromatic carbocycles. The Morgan fingerprint density at radius 1 is 1.62 bits per heavy atom. The fraction of sp³-hybridized carbons (Fsp3) is 0.400. The third kappa shape index (κ3) is 0.916. The second-order valence-corrected chi connectivity index (χ2v) is 2.51. The Morgan fingerprint density at radius 2 is 2.25 bits per heavy atom. The predicted molar refractivity (Wildman–Crippen MR) is 36.0 cm³/mol. The van der Waals surface area contributed by atoms with E-state index in [0.717, 1.165) is 5.69 Å². The standard InChI is InChI=1S/C5H7BrN2/c1-4-3-8(6)7-5(4)2/h3H,1-2H3. The first-order chi connectivity index (χ1) is 3.70. The van der Waals surface area contributed by atoms with E-state index in [1.165, 1.54) is 5.56 Å². The van der Waals surface area contributed by atoms with Gasteiger partial charge in [0, 0.05) is 6.20 Å². The summed E-state index contributed by atoms with van der Waals surface area (Å²) in [5, 5.41) is 4.04. The minimum atomic E-state index is 1.07. The molecule has 0 spiro atoms. The van der Waals surface area contributed by atoms with E-state index in [2.05, 4.69) is 21.2 Å². The summed E-state index contributed by atoms with van der Waals surface area (Å²) in [6.45, 7) is 4.01. The molecule has 0 bridgehead atoms. The molecular weight excluding hydrogens is 168 g/mol. The van der Waals surface area contributed by atoms with E-state index in [9.17, 15) is 0 Å². The number of aromatic nitrogens is 2. The van der Waals surface area contributed by atoms with Gasteiger partial charge in [-0.25, -0.2) is 3.71 Å². The molecule has 1 rings (SSSR count). The van der Waals surface area contributed by atoms with Gasteiger partial charge in [-0.1, -0.05) is 0 Å². The molecule has 0 atom stereocenters. The van der Waals surface area contributed by atoms with Crippen LogP contribution in [0.2, 0.25) is 0 Å². The molecule has 0 unspecified atom stereocenters. The molecule has 0 aliphatic heterocycles. The lowest BCUT2D eigenvalue weighted by molar-refractivity contribution is 0.997. The van der Waals surface area contributed by atoms with Crippen LogP contribution in [0.5, 0.6) is 0 Å². The average Bonchev–Trinajstić information content (AvgIpc) is 1.85. The van der Waals surface area contributed by atoms with E-state index < -0.39 is 0 Å². The van der Waals surface area contributed by atoms with Gasteiger partial charge in [0.25, 0.3) is 0 Å². The summed E-state index contributed by atoms with van der Waals surface area (Å²) >= 11 is 3.19. The van der Waals surface area contributed by atoms with Gasteiger partial charge in [-0.3, -0.25) is 0 Å². The number of halogens is 1. The number of hydrogen-bond acceptors (Lipinski definition) is 1. The van der Waals surface area contributed by atoms with E-state index in [-0.39, 0.29) is 0 Å². The van der Waals surface area contributed by atoms with Crippen molar-refractivity contribution >= 4 is 16.1 Å². The molecule has 0 amide bonds. The van der Waals surface area contributed by atoms with Crippen molar-refractivity contribution < 1.29 is 0 Å². The summed E-state index contributed by atoms with van der Waals surface area (Å²) in [5.41, 5.74) is 2.28. The Labute approximate surface area is 56.8 Å². The zero-order chi connectivity index (χ0) is 6.15. The highest BCUT2D eigenvalue weighted by molar-refractivity contribution is 9.08. The van der Waals surface area contributed by atoms with Crippen LogP contribution in [0.15, 0.2) is 6.20 Å². The molecule has 1 aromatic heterocycles. The summed E-state index contributed by atoms with van der Waals surface area (Å²) in [6, 6.07) is 0. The molecule has 0 radical (unpaired) electrons. The minimum Gasteiger partial charge on any atom is -0.205 e. The fourth-order valence-corrected chi connectivity index (χ4v) is 1.05. The summed E-state index contributed by atoms with van der Waals surface area (Å²) in [7, 11) is 0. The van der Waals surface area contributed by atoms with Gasteiger partial charge in [0.2, 0.25) is 0 Å². The van der Waals surface area contributed by atoms with Crippen LogP contribution in [0.1, 0.15) is 11.3 Å². The SMILES string of the molecule is Cc1cn(Br)nc1C. The second-order valence-electron chi connectivity index (χ2n) is 1.79. The van der Waals surface area contributed by atoms with Gasteiger partial charge in [-0.05, 0) is 19.4 Å². The van der Waals surface area contributed by atoms with Crippen molar-refractivity contribution in [3.05, 3.63) is 17.5 Å². The van der Waals surface area contributed by atoms with Gasteiger partial charge >= 0.3 is 0 Å². The molecule has 1 heterocycles. The highest BCUT2D eigenvalue weighted by Crippen LogP contribution is 2.03. The lowest BCUT2D eigenvalue weighted by Gasteiger charge is -1.77. The van der Waals surface area contributed by atoms with Crippen molar-refractivity contribution in [2.24, 2.45) is 0 Å². The van der Waals surface area contributed by atoms with Crippen LogP contribution in [0.3, 0.4) is 0 Å². The predicted octanol–water partition coefficient (Wildman–Crippen LogP) is 1.66. The maximum Gasteiger partial charge on any atom is 0.0743 e. The molecule has 44 valence electrons. The lowest BCUT2D eigenvalue weighted by Crippen LogP contribution is -1.77. The quantitative estimate of drug-likeness (QED) is 0.586. The Hall–Kier alpha value is -0.310. The van der Waals surface area contributed by atoms with Crippen molar-refractivity contribution in [2.45, 2.75) is 13.8 Å². The van der Waals surface area contributed by atoms with Crippen molar-refractivity contribution in [3.63, 3.8) is 0 Å². The van der Waals surface area contributed by atoms with E-state index in [4.69, 9.17) is 0 Å². The van der Waals surface area contributed by atoms with Crippen LogP contribution in [0, 0.1) is 13.8 Å². The molecule has 0 aliphatic rings. The smallest absolute Gasteiger partial charge is 0.0743 e. The van der Waals surface area contributed by atoms with E-state index in [1.807, 2.05) is 20.0 Å². The fourth-order valence-electron chi connectivity index (χ4n) is 0.504. The summed E-state index contributed by atoms with van der Waals surface area (Å²) in [5.74, 6) is 0. The van der Waals surface area contributed by atoms with Crippen molar-refractivity contribution in [1.82, 2.24) is 8.81 Å². The Bertz CT molecular complexity index is 173. The van der Waals surface area contributed by atoms with Crippen LogP contribution in [-0.4, -0.2) is 8.81 Å². The lowest BCUT2D eigenvalue weighted by atomic mass is 10.3. The summed E-state index contributed by atoms with van der Waals surface area (Å²) in [4.78, 5) is 0. The van der Waals surface area contributed by atoms with Gasteiger partial charge in [0.15, 0.2) is 0 Å². The van der Waals surface area contributed by atoms with Crippen LogP contribution in [0.25, 0.3) is 0 Å². The third-order valence-corrected chi connectivity index (χ3v) is 1.48. The zero-order valence-electron chi connectivity index (χ0n) is 4.85. The molecule has 0 saturated heterocycles. The number of rotatable bonds is 0. The number of nitrogens with zero attached hydrogens (tertiary/aromatic N) is 2. The minimum absolute atomic E-state index is 1.07. The normalized spacial score (nSPS) is 9.88. The summed E-state index contributed by atoms with van der Waals surface area (Å²) in [6.07, 6.45) is 1.93. The van der Waals surface area contributed by atoms with E-state index >= 15 is 0 Å². The van der Waals surface area contributed by atoms with Crippen molar-refractivity contribution in [2.75, 3.05) is 0 Å². The first kappa shape index (κ1) is 5.82. The monoisotopic (exact) mass is 174 g/mol. The largest absolute Gasteiger partial charge is 0.205 e. The first-order valence-corrected chi connectivity index (χ1v) is 3.10. The summed E-state index contributed by atoms with van der Waals surface area (Å²) < 4.78 is 1.64. The van der Waals surface area contributed by atoms with E-state index in [1.54, 1.807) is 3.71 Å². The molecule has 0 fully saturated rings. The molecule has 3 heteroatoms. The number of aryl methyl sites for hydroxylation is 2. The van der Waals surface area contributed by atoms with Gasteiger partial charge < -0.3 is 0 Å². The van der Waals surface area contributed by atoms with Gasteiger partial charge in [0.05, 0.1) is 21.8 Å². The molecule has 0 aliphatic carbocycles. The molecule has 1 aromatic rings. The average molecular weight is 175 g/mol. The Morgan fingerprint density at radius 3 is 2.38 bits per heavy atom. The van der Waals surface area contributed by atoms with Gasteiger partial charge in [-0.2, -0.15) is 5.10 Å². The van der Waals surface area contributed by atoms with Crippen LogP contribution < -0.4 is 0 Å². The van der Waals surface area contributed by atoms with Crippen molar-refractivity contribution in [1.29, 1.82) is 0 Å². The number of hydrogen-bond donors (Lipinski definition) is 0. The maximum atomic E-state index is 4.04. The van der Waals surface area contributed by atoms with Crippen LogP contribution in [-0.2, 0) is 0 Å². The highest BCUT2D eigenvalue weighted by atomic mass is 79.9. The Kier molecular flexibility index (Phi) is 1.38. The molecule has 8 heavy (non-hydrogen) atoms. The maximum absolute atomic E-state index is 4.04. The van der Waals surface area contributed by atoms with Crippen LogP contribution in [0.4, 0.5) is 0 Å². The van der Waals surface area contributed by atoms with Crippen LogP contribution >= 0.6 is 16.1 Å². The topological polar surface area (TPSA) is 17.8 Å². The van der Waals surface area contributed by atoms with Gasteiger partial charge in [0.1, 0.15) is 0 Å².